The Morgan fingerprint density at radius 1 is 0.974 bits per heavy atom. The monoisotopic (exact) mass is 525 g/mol. The smallest absolute Gasteiger partial charge is 0.305 e. The summed E-state index contributed by atoms with van der Waals surface area (Å²) in [6.07, 6.45) is 1.52. The van der Waals surface area contributed by atoms with E-state index in [4.69, 9.17) is 21.4 Å². The maximum Gasteiger partial charge on any atom is 0.305 e. The van der Waals surface area contributed by atoms with E-state index >= 15 is 0 Å². The summed E-state index contributed by atoms with van der Waals surface area (Å²) >= 11 is 6.28. The highest BCUT2D eigenvalue weighted by Gasteiger charge is 2.18. The summed E-state index contributed by atoms with van der Waals surface area (Å²) in [4.78, 5) is 23.0. The Hall–Kier alpha value is -4.62. The summed E-state index contributed by atoms with van der Waals surface area (Å²) < 4.78 is 8.04. The van der Waals surface area contributed by atoms with Gasteiger partial charge in [-0.3, -0.25) is 9.59 Å². The first kappa shape index (κ1) is 25.0. The molecule has 1 heterocycles. The normalized spacial score (nSPS) is 10.9. The minimum absolute atomic E-state index is 0.0593. The molecule has 5 aromatic rings. The molecule has 0 radical (unpaired) electrons. The molecule has 0 atom stereocenters. The Morgan fingerprint density at radius 3 is 2.50 bits per heavy atom. The van der Waals surface area contributed by atoms with Gasteiger partial charge in [-0.25, -0.2) is 4.68 Å². The number of nitrogens with zero attached hydrogens (tertiary/aromatic N) is 2. The number of halogens is 1. The van der Waals surface area contributed by atoms with Crippen LogP contribution in [-0.4, -0.2) is 33.3 Å². The zero-order valence-electron chi connectivity index (χ0n) is 20.5. The van der Waals surface area contributed by atoms with Gasteiger partial charge in [0.15, 0.2) is 5.75 Å². The number of hydrogen-bond donors (Lipinski definition) is 2. The average Bonchev–Trinajstić information content (AvgIpc) is 3.32. The fourth-order valence-electron chi connectivity index (χ4n) is 4.18. The van der Waals surface area contributed by atoms with Crippen LogP contribution in [0.15, 0.2) is 91.1 Å². The molecule has 0 aliphatic carbocycles. The zero-order chi connectivity index (χ0) is 26.6. The number of carboxylic acids is 1. The third-order valence-corrected chi connectivity index (χ3v) is 6.26. The molecule has 7 nitrogen and oxygen atoms in total. The summed E-state index contributed by atoms with van der Waals surface area (Å²) in [5.41, 5.74) is 4.06. The third-order valence-electron chi connectivity index (χ3n) is 6.03. The van der Waals surface area contributed by atoms with Crippen molar-refractivity contribution in [1.29, 1.82) is 0 Å². The lowest BCUT2D eigenvalue weighted by Crippen LogP contribution is -2.25. The number of fused-ring (bicyclic) bond motifs is 1. The van der Waals surface area contributed by atoms with Crippen molar-refractivity contribution in [2.24, 2.45) is 0 Å². The van der Waals surface area contributed by atoms with Crippen LogP contribution >= 0.6 is 11.6 Å². The van der Waals surface area contributed by atoms with Gasteiger partial charge in [0.25, 0.3) is 5.91 Å². The second-order valence-electron chi connectivity index (χ2n) is 8.84. The first-order valence-electron chi connectivity index (χ1n) is 12.0. The van der Waals surface area contributed by atoms with E-state index in [0.29, 0.717) is 22.1 Å². The number of benzene rings is 4. The van der Waals surface area contributed by atoms with Crippen molar-refractivity contribution in [2.45, 2.75) is 13.3 Å². The molecule has 2 N–H and O–H groups in total. The van der Waals surface area contributed by atoms with Gasteiger partial charge in [0.1, 0.15) is 11.4 Å². The molecule has 0 aliphatic heterocycles. The number of rotatable bonds is 8. The summed E-state index contributed by atoms with van der Waals surface area (Å²) in [5, 5.41) is 18.8. The number of aromatic nitrogens is 2. The number of carbonyl (C=O) groups is 2. The van der Waals surface area contributed by atoms with E-state index in [9.17, 15) is 9.59 Å². The molecule has 4 aromatic carbocycles. The van der Waals surface area contributed by atoms with Gasteiger partial charge in [-0.1, -0.05) is 53.6 Å². The predicted molar refractivity (Wildman–Crippen MR) is 147 cm³/mol. The second kappa shape index (κ2) is 10.8. The Bertz CT molecular complexity index is 1640. The number of aryl methyl sites for hydroxylation is 1. The molecule has 0 bridgehead atoms. The highest BCUT2D eigenvalue weighted by molar-refractivity contribution is 6.30. The standard InChI is InChI=1S/C30H24ClN3O4/c1-19-5-6-22-16-23(8-7-21(22)15-19)29-27(18-33-34(29)25-4-2-3-24(31)17-25)38-26-11-9-20(10-12-26)30(37)32-14-13-28(35)36/h2-12,15-18H,13-14H2,1H3,(H,32,37)(H,35,36). The fraction of sp³-hybridized carbons (Fsp3) is 0.100. The van der Waals surface area contributed by atoms with Crippen LogP contribution in [0.3, 0.4) is 0 Å². The van der Waals surface area contributed by atoms with Gasteiger partial charge in [0.2, 0.25) is 0 Å². The van der Waals surface area contributed by atoms with Crippen molar-refractivity contribution in [2.75, 3.05) is 6.54 Å². The summed E-state index contributed by atoms with van der Waals surface area (Å²) in [6, 6.07) is 26.6. The van der Waals surface area contributed by atoms with Crippen LogP contribution in [0.4, 0.5) is 0 Å². The molecule has 0 saturated heterocycles. The predicted octanol–water partition coefficient (Wildman–Crippen LogP) is 6.65. The molecule has 5 rings (SSSR count). The second-order valence-corrected chi connectivity index (χ2v) is 9.28. The van der Waals surface area contributed by atoms with Crippen LogP contribution in [0.1, 0.15) is 22.3 Å². The van der Waals surface area contributed by atoms with Gasteiger partial charge in [-0.2, -0.15) is 5.10 Å². The maximum absolute atomic E-state index is 12.3. The van der Waals surface area contributed by atoms with Gasteiger partial charge >= 0.3 is 5.97 Å². The van der Waals surface area contributed by atoms with Crippen molar-refractivity contribution in [3.8, 4) is 28.4 Å². The zero-order valence-corrected chi connectivity index (χ0v) is 21.3. The quantitative estimate of drug-likeness (QED) is 0.236. The molecule has 0 spiro atoms. The van der Waals surface area contributed by atoms with Crippen molar-refractivity contribution in [1.82, 2.24) is 15.1 Å². The highest BCUT2D eigenvalue weighted by atomic mass is 35.5. The third kappa shape index (κ3) is 5.53. The number of hydrogen-bond acceptors (Lipinski definition) is 4. The minimum atomic E-state index is -0.968. The number of carboxylic acid groups (broad SMARTS) is 1. The van der Waals surface area contributed by atoms with Crippen molar-refractivity contribution in [3.63, 3.8) is 0 Å². The number of ether oxygens (including phenoxy) is 1. The largest absolute Gasteiger partial charge is 0.481 e. The maximum atomic E-state index is 12.3. The van der Waals surface area contributed by atoms with Crippen LogP contribution in [0.25, 0.3) is 27.7 Å². The molecule has 1 aromatic heterocycles. The van der Waals surface area contributed by atoms with E-state index in [1.165, 1.54) is 5.56 Å². The summed E-state index contributed by atoms with van der Waals surface area (Å²) in [5.74, 6) is -0.256. The molecule has 38 heavy (non-hydrogen) atoms. The van der Waals surface area contributed by atoms with Crippen molar-refractivity contribution in [3.05, 3.63) is 107 Å². The molecule has 0 aliphatic rings. The molecular weight excluding hydrogens is 502 g/mol. The molecule has 0 fully saturated rings. The Labute approximate surface area is 224 Å². The van der Waals surface area contributed by atoms with E-state index in [1.807, 2.05) is 30.3 Å². The Morgan fingerprint density at radius 2 is 1.74 bits per heavy atom. The van der Waals surface area contributed by atoms with Crippen molar-refractivity contribution >= 4 is 34.2 Å². The molecule has 1 amide bonds. The Balaban J connectivity index is 1.48. The summed E-state index contributed by atoms with van der Waals surface area (Å²) in [6.45, 7) is 2.13. The van der Waals surface area contributed by atoms with E-state index < -0.39 is 5.97 Å². The molecular formula is C30H24ClN3O4. The topological polar surface area (TPSA) is 93.4 Å². The van der Waals surface area contributed by atoms with Crippen LogP contribution in [0.2, 0.25) is 5.02 Å². The molecule has 0 saturated carbocycles. The van der Waals surface area contributed by atoms with Crippen LogP contribution in [0, 0.1) is 6.92 Å². The molecule has 190 valence electrons. The van der Waals surface area contributed by atoms with Crippen LogP contribution in [-0.2, 0) is 4.79 Å². The number of nitrogens with one attached hydrogen (secondary N) is 1. The average molecular weight is 526 g/mol. The lowest BCUT2D eigenvalue weighted by Gasteiger charge is -2.12. The van der Waals surface area contributed by atoms with Gasteiger partial charge in [-0.05, 0) is 66.2 Å². The molecule has 0 unspecified atom stereocenters. The number of amides is 1. The van der Waals surface area contributed by atoms with Gasteiger partial charge in [0, 0.05) is 22.7 Å². The van der Waals surface area contributed by atoms with E-state index in [2.05, 4.69) is 47.7 Å². The lowest BCUT2D eigenvalue weighted by molar-refractivity contribution is -0.136. The van der Waals surface area contributed by atoms with Crippen LogP contribution < -0.4 is 10.1 Å². The van der Waals surface area contributed by atoms with E-state index in [-0.39, 0.29) is 18.9 Å². The molecule has 8 heteroatoms. The fourth-order valence-corrected chi connectivity index (χ4v) is 4.36. The van der Waals surface area contributed by atoms with Crippen LogP contribution in [0.5, 0.6) is 11.5 Å². The highest BCUT2D eigenvalue weighted by Crippen LogP contribution is 2.37. The number of aliphatic carboxylic acids is 1. The Kier molecular flexibility index (Phi) is 7.11. The SMILES string of the molecule is Cc1ccc2cc(-c3c(Oc4ccc(C(=O)NCCC(=O)O)cc4)cnn3-c3cccc(Cl)c3)ccc2c1. The van der Waals surface area contributed by atoms with E-state index in [1.54, 1.807) is 35.1 Å². The van der Waals surface area contributed by atoms with Gasteiger partial charge < -0.3 is 15.2 Å². The van der Waals surface area contributed by atoms with Gasteiger partial charge in [-0.15, -0.1) is 0 Å². The van der Waals surface area contributed by atoms with Gasteiger partial charge in [0.05, 0.1) is 18.3 Å². The van der Waals surface area contributed by atoms with Crippen molar-refractivity contribution < 1.29 is 19.4 Å². The first-order chi connectivity index (χ1) is 18.4. The first-order valence-corrected chi connectivity index (χ1v) is 12.4. The van der Waals surface area contributed by atoms with E-state index in [0.717, 1.165) is 27.7 Å². The number of carbonyl (C=O) groups excluding carboxylic acids is 1. The minimum Gasteiger partial charge on any atom is -0.481 e. The lowest BCUT2D eigenvalue weighted by atomic mass is 10.0. The summed E-state index contributed by atoms with van der Waals surface area (Å²) in [7, 11) is 0.